The van der Waals surface area contributed by atoms with Crippen molar-refractivity contribution in [3.8, 4) is 0 Å². The van der Waals surface area contributed by atoms with Crippen molar-refractivity contribution in [3.63, 3.8) is 0 Å². The maximum atomic E-state index is 12.0. The fourth-order valence-corrected chi connectivity index (χ4v) is 2.78. The van der Waals surface area contributed by atoms with Gasteiger partial charge in [-0.1, -0.05) is 13.0 Å². The molecule has 1 aromatic rings. The zero-order chi connectivity index (χ0) is 12.4. The van der Waals surface area contributed by atoms with Crippen molar-refractivity contribution in [1.29, 1.82) is 0 Å². The first kappa shape index (κ1) is 12.6. The molecular weight excluding hydrogens is 325 g/mol. The fourth-order valence-electron chi connectivity index (χ4n) is 2.23. The van der Waals surface area contributed by atoms with Crippen LogP contribution in [-0.4, -0.2) is 12.5 Å². The summed E-state index contributed by atoms with van der Waals surface area (Å²) in [4.78, 5) is 13.9. The van der Waals surface area contributed by atoms with Crippen molar-refractivity contribution in [3.05, 3.63) is 40.0 Å². The van der Waals surface area contributed by atoms with E-state index in [1.165, 1.54) is 9.13 Å². The number of hydrogen-bond acceptors (Lipinski definition) is 1. The summed E-state index contributed by atoms with van der Waals surface area (Å²) in [6, 6.07) is 6.28. The third-order valence-corrected chi connectivity index (χ3v) is 3.87. The van der Waals surface area contributed by atoms with E-state index in [2.05, 4.69) is 54.3 Å². The van der Waals surface area contributed by atoms with Gasteiger partial charge in [0.1, 0.15) is 0 Å². The smallest absolute Gasteiger partial charge is 0.227 e. The standard InChI is InChI=1S/C14H16INO/c1-3-10-7-14(17)16(9-10)13-6-5-12(15)8-11(13)4-2/h3,5-6,8,10H,1,4,7,9H2,2H3. The lowest BCUT2D eigenvalue weighted by molar-refractivity contribution is -0.117. The lowest BCUT2D eigenvalue weighted by Gasteiger charge is -2.20. The predicted molar refractivity (Wildman–Crippen MR) is 79.2 cm³/mol. The summed E-state index contributed by atoms with van der Waals surface area (Å²) in [6.07, 6.45) is 3.43. The minimum atomic E-state index is 0.214. The molecule has 1 aromatic carbocycles. The molecule has 0 bridgehead atoms. The monoisotopic (exact) mass is 341 g/mol. The van der Waals surface area contributed by atoms with Gasteiger partial charge in [0, 0.05) is 28.1 Å². The first-order chi connectivity index (χ1) is 8.15. The Labute approximate surface area is 116 Å². The summed E-state index contributed by atoms with van der Waals surface area (Å²) in [7, 11) is 0. The SMILES string of the molecule is C=CC1CC(=O)N(c2ccc(I)cc2CC)C1. The van der Waals surface area contributed by atoms with Gasteiger partial charge in [0.25, 0.3) is 0 Å². The second-order valence-corrected chi connectivity index (χ2v) is 5.58. The van der Waals surface area contributed by atoms with E-state index in [0.717, 1.165) is 18.7 Å². The van der Waals surface area contributed by atoms with Crippen LogP contribution in [0.4, 0.5) is 5.69 Å². The minimum Gasteiger partial charge on any atom is -0.312 e. The number of anilines is 1. The Morgan fingerprint density at radius 3 is 2.94 bits per heavy atom. The molecule has 0 aliphatic carbocycles. The highest BCUT2D eigenvalue weighted by Gasteiger charge is 2.29. The van der Waals surface area contributed by atoms with E-state index < -0.39 is 0 Å². The van der Waals surface area contributed by atoms with Crippen LogP contribution in [0.3, 0.4) is 0 Å². The Bertz CT molecular complexity index is 456. The largest absolute Gasteiger partial charge is 0.312 e. The average Bonchev–Trinajstić information content (AvgIpc) is 2.70. The third kappa shape index (κ3) is 2.54. The number of nitrogens with zero attached hydrogens (tertiary/aromatic N) is 1. The van der Waals surface area contributed by atoms with Crippen LogP contribution in [0, 0.1) is 9.49 Å². The molecule has 1 amide bonds. The maximum absolute atomic E-state index is 12.0. The Hall–Kier alpha value is -0.840. The highest BCUT2D eigenvalue weighted by atomic mass is 127. The molecule has 2 nitrogen and oxygen atoms in total. The van der Waals surface area contributed by atoms with Crippen LogP contribution in [0.2, 0.25) is 0 Å². The van der Waals surface area contributed by atoms with Crippen molar-refractivity contribution in [1.82, 2.24) is 0 Å². The topological polar surface area (TPSA) is 20.3 Å². The number of aryl methyl sites for hydroxylation is 1. The van der Waals surface area contributed by atoms with Crippen LogP contribution in [0.1, 0.15) is 18.9 Å². The first-order valence-electron chi connectivity index (χ1n) is 5.87. The fraction of sp³-hybridized carbons (Fsp3) is 0.357. The van der Waals surface area contributed by atoms with Gasteiger partial charge < -0.3 is 4.90 Å². The number of benzene rings is 1. The van der Waals surface area contributed by atoms with Gasteiger partial charge in [-0.25, -0.2) is 0 Å². The van der Waals surface area contributed by atoms with Gasteiger partial charge in [-0.3, -0.25) is 4.79 Å². The first-order valence-corrected chi connectivity index (χ1v) is 6.95. The average molecular weight is 341 g/mol. The van der Waals surface area contributed by atoms with Gasteiger partial charge in [-0.05, 0) is 52.8 Å². The summed E-state index contributed by atoms with van der Waals surface area (Å²) in [5.74, 6) is 0.511. The molecule has 1 atom stereocenters. The summed E-state index contributed by atoms with van der Waals surface area (Å²) < 4.78 is 1.22. The van der Waals surface area contributed by atoms with Gasteiger partial charge in [-0.2, -0.15) is 0 Å². The van der Waals surface area contributed by atoms with E-state index in [1.54, 1.807) is 0 Å². The van der Waals surface area contributed by atoms with Crippen LogP contribution in [0.15, 0.2) is 30.9 Å². The molecule has 0 N–H and O–H groups in total. The molecule has 1 fully saturated rings. The van der Waals surface area contributed by atoms with Crippen molar-refractivity contribution in [2.24, 2.45) is 5.92 Å². The second-order valence-electron chi connectivity index (χ2n) is 4.33. The highest BCUT2D eigenvalue weighted by Crippen LogP contribution is 2.29. The number of rotatable bonds is 3. The lowest BCUT2D eigenvalue weighted by atomic mass is 10.1. The third-order valence-electron chi connectivity index (χ3n) is 3.20. The van der Waals surface area contributed by atoms with Crippen LogP contribution in [0.25, 0.3) is 0 Å². The summed E-state index contributed by atoms with van der Waals surface area (Å²) in [6.45, 7) is 6.68. The molecule has 1 unspecified atom stereocenters. The Balaban J connectivity index is 2.34. The van der Waals surface area contributed by atoms with E-state index in [-0.39, 0.29) is 5.91 Å². The van der Waals surface area contributed by atoms with Gasteiger partial charge in [0.15, 0.2) is 0 Å². The molecule has 0 saturated carbocycles. The molecule has 1 heterocycles. The zero-order valence-corrected chi connectivity index (χ0v) is 12.1. The number of halogens is 1. The normalized spacial score (nSPS) is 19.8. The second kappa shape index (κ2) is 5.21. The highest BCUT2D eigenvalue weighted by molar-refractivity contribution is 14.1. The van der Waals surface area contributed by atoms with Gasteiger partial charge in [0.2, 0.25) is 5.91 Å². The van der Waals surface area contributed by atoms with Crippen molar-refractivity contribution in [2.75, 3.05) is 11.4 Å². The number of carbonyl (C=O) groups excluding carboxylic acids is 1. The number of hydrogen-bond donors (Lipinski definition) is 0. The molecule has 17 heavy (non-hydrogen) atoms. The van der Waals surface area contributed by atoms with Crippen LogP contribution >= 0.6 is 22.6 Å². The minimum absolute atomic E-state index is 0.214. The van der Waals surface area contributed by atoms with E-state index in [4.69, 9.17) is 0 Å². The van der Waals surface area contributed by atoms with Crippen molar-refractivity contribution in [2.45, 2.75) is 19.8 Å². The molecular formula is C14H16INO. The summed E-state index contributed by atoms with van der Waals surface area (Å²) in [5, 5.41) is 0. The maximum Gasteiger partial charge on any atom is 0.227 e. The molecule has 0 spiro atoms. The Kier molecular flexibility index (Phi) is 3.86. The molecule has 3 heteroatoms. The molecule has 1 aliphatic heterocycles. The Morgan fingerprint density at radius 2 is 2.35 bits per heavy atom. The predicted octanol–water partition coefficient (Wildman–Crippen LogP) is 3.39. The molecule has 2 rings (SSSR count). The van der Waals surface area contributed by atoms with E-state index in [0.29, 0.717) is 12.3 Å². The summed E-state index contributed by atoms with van der Waals surface area (Å²) in [5.41, 5.74) is 2.32. The van der Waals surface area contributed by atoms with E-state index in [1.807, 2.05) is 11.0 Å². The summed E-state index contributed by atoms with van der Waals surface area (Å²) >= 11 is 2.31. The van der Waals surface area contributed by atoms with E-state index in [9.17, 15) is 4.79 Å². The lowest BCUT2D eigenvalue weighted by Crippen LogP contribution is -2.25. The Morgan fingerprint density at radius 1 is 1.59 bits per heavy atom. The molecule has 0 aromatic heterocycles. The van der Waals surface area contributed by atoms with Crippen LogP contribution in [0.5, 0.6) is 0 Å². The van der Waals surface area contributed by atoms with Crippen molar-refractivity contribution >= 4 is 34.2 Å². The molecule has 90 valence electrons. The van der Waals surface area contributed by atoms with Gasteiger partial charge >= 0.3 is 0 Å². The van der Waals surface area contributed by atoms with Crippen molar-refractivity contribution < 1.29 is 4.79 Å². The van der Waals surface area contributed by atoms with Gasteiger partial charge in [-0.15, -0.1) is 6.58 Å². The molecule has 1 saturated heterocycles. The zero-order valence-electron chi connectivity index (χ0n) is 9.95. The molecule has 1 aliphatic rings. The molecule has 0 radical (unpaired) electrons. The number of amides is 1. The van der Waals surface area contributed by atoms with Gasteiger partial charge in [0.05, 0.1) is 0 Å². The van der Waals surface area contributed by atoms with E-state index >= 15 is 0 Å². The quantitative estimate of drug-likeness (QED) is 0.610. The van der Waals surface area contributed by atoms with Crippen LogP contribution < -0.4 is 4.90 Å². The number of carbonyl (C=O) groups is 1. The van der Waals surface area contributed by atoms with Crippen LogP contribution in [-0.2, 0) is 11.2 Å².